The fraction of sp³-hybridized carbons (Fsp3) is 0.344. The molecule has 0 aliphatic heterocycles. The Kier molecular flexibility index (Phi) is 9.41. The summed E-state index contributed by atoms with van der Waals surface area (Å²) in [7, 11) is 1.27. The monoisotopic (exact) mass is 609 g/mol. The number of halogens is 3. The molecule has 0 aliphatic carbocycles. The number of imidazole rings is 1. The van der Waals surface area contributed by atoms with Crippen molar-refractivity contribution < 1.29 is 32.3 Å². The molecule has 4 rings (SSSR count). The van der Waals surface area contributed by atoms with Crippen molar-refractivity contribution in [3.05, 3.63) is 65.9 Å². The zero-order valence-corrected chi connectivity index (χ0v) is 25.1. The maximum Gasteiger partial charge on any atom is 0.417 e. The lowest BCUT2D eigenvalue weighted by molar-refractivity contribution is -0.141. The average molecular weight is 610 g/mol. The normalized spacial score (nSPS) is 11.8. The molecule has 2 aromatic carbocycles. The Labute approximate surface area is 252 Å². The number of aromatic nitrogens is 3. The van der Waals surface area contributed by atoms with Crippen LogP contribution in [0.25, 0.3) is 28.2 Å². The standard InChI is InChI=1S/C32H34F3N5O4/c1-19-10-11-20(16-25(19)38-30(43)31(2,3)4)26-18-40-27(37-26)15-14-24(39-40)22-13-12-21(17-23(22)32(33,34)35)36-28(41)8-6-7-9-29(42)44-5/h10-18H,6-9H2,1-5H3,(H,36,41)(H,38,43). The number of anilines is 2. The highest BCUT2D eigenvalue weighted by molar-refractivity contribution is 5.96. The molecule has 0 radical (unpaired) electrons. The smallest absolute Gasteiger partial charge is 0.417 e. The number of nitrogens with zero attached hydrogens (tertiary/aromatic N) is 3. The first-order chi connectivity index (χ1) is 20.7. The van der Waals surface area contributed by atoms with E-state index in [0.29, 0.717) is 35.4 Å². The number of hydrogen-bond acceptors (Lipinski definition) is 6. The number of hydrogen-bond donors (Lipinski definition) is 2. The van der Waals surface area contributed by atoms with Crippen molar-refractivity contribution in [2.24, 2.45) is 5.41 Å². The lowest BCUT2D eigenvalue weighted by Crippen LogP contribution is -2.27. The van der Waals surface area contributed by atoms with Crippen LogP contribution in [0.5, 0.6) is 0 Å². The molecule has 0 atom stereocenters. The van der Waals surface area contributed by atoms with E-state index in [0.717, 1.165) is 11.6 Å². The Balaban J connectivity index is 1.58. The Morgan fingerprint density at radius 1 is 0.909 bits per heavy atom. The zero-order valence-electron chi connectivity index (χ0n) is 25.1. The average Bonchev–Trinajstić information content (AvgIpc) is 3.39. The van der Waals surface area contributed by atoms with Gasteiger partial charge in [0.25, 0.3) is 0 Å². The van der Waals surface area contributed by atoms with Crippen molar-refractivity contribution in [1.29, 1.82) is 0 Å². The summed E-state index contributed by atoms with van der Waals surface area (Å²) in [6, 6.07) is 12.1. The van der Waals surface area contributed by atoms with Crippen LogP contribution in [0.1, 0.15) is 57.6 Å². The van der Waals surface area contributed by atoms with Gasteiger partial charge in [0.2, 0.25) is 11.8 Å². The van der Waals surface area contributed by atoms with Crippen LogP contribution < -0.4 is 10.6 Å². The number of aryl methyl sites for hydroxylation is 1. The summed E-state index contributed by atoms with van der Waals surface area (Å²) >= 11 is 0. The number of carbonyl (C=O) groups is 3. The van der Waals surface area contributed by atoms with Gasteiger partial charge in [-0.05, 0) is 55.7 Å². The highest BCUT2D eigenvalue weighted by atomic mass is 19.4. The van der Waals surface area contributed by atoms with Crippen molar-refractivity contribution in [3.8, 4) is 22.5 Å². The molecular weight excluding hydrogens is 575 g/mol. The molecule has 232 valence electrons. The molecule has 0 saturated carbocycles. The van der Waals surface area contributed by atoms with E-state index in [1.807, 2.05) is 39.8 Å². The first-order valence-corrected chi connectivity index (χ1v) is 14.0. The minimum Gasteiger partial charge on any atom is -0.469 e. The second kappa shape index (κ2) is 12.9. The van der Waals surface area contributed by atoms with Crippen molar-refractivity contribution in [1.82, 2.24) is 14.6 Å². The fourth-order valence-corrected chi connectivity index (χ4v) is 4.35. The van der Waals surface area contributed by atoms with Gasteiger partial charge in [0.05, 0.1) is 30.3 Å². The third kappa shape index (κ3) is 7.80. The summed E-state index contributed by atoms with van der Waals surface area (Å²) in [6.07, 6.45) is -2.09. The van der Waals surface area contributed by atoms with Gasteiger partial charge in [0.15, 0.2) is 5.65 Å². The molecule has 2 amide bonds. The van der Waals surface area contributed by atoms with Crippen molar-refractivity contribution in [3.63, 3.8) is 0 Å². The van der Waals surface area contributed by atoms with Crippen LogP contribution in [-0.2, 0) is 25.3 Å². The molecule has 2 aromatic heterocycles. The van der Waals surface area contributed by atoms with E-state index in [2.05, 4.69) is 25.5 Å². The molecule has 0 bridgehead atoms. The predicted octanol–water partition coefficient (Wildman–Crippen LogP) is 7.05. The maximum absolute atomic E-state index is 14.1. The number of fused-ring (bicyclic) bond motifs is 1. The van der Waals surface area contributed by atoms with Crippen LogP contribution >= 0.6 is 0 Å². The van der Waals surface area contributed by atoms with Gasteiger partial charge >= 0.3 is 12.1 Å². The number of nitrogens with one attached hydrogen (secondary N) is 2. The van der Waals surface area contributed by atoms with Gasteiger partial charge in [0.1, 0.15) is 0 Å². The van der Waals surface area contributed by atoms with Crippen LogP contribution in [0.15, 0.2) is 54.7 Å². The second-order valence-electron chi connectivity index (χ2n) is 11.5. The molecule has 9 nitrogen and oxygen atoms in total. The lowest BCUT2D eigenvalue weighted by Gasteiger charge is -2.19. The van der Waals surface area contributed by atoms with E-state index in [1.54, 1.807) is 18.3 Å². The van der Waals surface area contributed by atoms with Crippen molar-refractivity contribution in [2.45, 2.75) is 59.6 Å². The summed E-state index contributed by atoms with van der Waals surface area (Å²) in [5.41, 5.74) is 1.53. The van der Waals surface area contributed by atoms with Crippen LogP contribution in [0.2, 0.25) is 0 Å². The van der Waals surface area contributed by atoms with Gasteiger partial charge in [-0.2, -0.15) is 18.3 Å². The number of rotatable bonds is 9. The topological polar surface area (TPSA) is 115 Å². The summed E-state index contributed by atoms with van der Waals surface area (Å²) in [6.45, 7) is 7.33. The second-order valence-corrected chi connectivity index (χ2v) is 11.5. The SMILES string of the molecule is COC(=O)CCCCC(=O)Nc1ccc(-c2ccc3nc(-c4ccc(C)c(NC(=O)C(C)(C)C)c4)cn3n2)c(C(F)(F)F)c1. The number of esters is 1. The summed E-state index contributed by atoms with van der Waals surface area (Å²) in [4.78, 5) is 40.6. The first-order valence-electron chi connectivity index (χ1n) is 14.0. The van der Waals surface area contributed by atoms with Crippen LogP contribution in [0.4, 0.5) is 24.5 Å². The van der Waals surface area contributed by atoms with E-state index in [-0.39, 0.29) is 41.7 Å². The molecule has 12 heteroatoms. The number of carbonyl (C=O) groups excluding carboxylic acids is 3. The minimum atomic E-state index is -4.72. The number of alkyl halides is 3. The number of methoxy groups -OCH3 is 1. The number of ether oxygens (including phenoxy) is 1. The van der Waals surface area contributed by atoms with E-state index >= 15 is 0 Å². The first kappa shape index (κ1) is 32.2. The quantitative estimate of drug-likeness (QED) is 0.155. The number of unbranched alkanes of at least 4 members (excludes halogenated alkanes) is 1. The zero-order chi connectivity index (χ0) is 32.2. The molecule has 0 saturated heterocycles. The summed E-state index contributed by atoms with van der Waals surface area (Å²) < 4.78 is 48.4. The molecule has 0 unspecified atom stereocenters. The van der Waals surface area contributed by atoms with E-state index in [9.17, 15) is 27.6 Å². The molecular formula is C32H34F3N5O4. The fourth-order valence-electron chi connectivity index (χ4n) is 4.35. The Morgan fingerprint density at radius 3 is 2.32 bits per heavy atom. The van der Waals surface area contributed by atoms with E-state index < -0.39 is 23.1 Å². The van der Waals surface area contributed by atoms with Gasteiger partial charge in [-0.25, -0.2) is 9.50 Å². The molecule has 0 spiro atoms. The molecule has 2 heterocycles. The van der Waals surface area contributed by atoms with E-state index in [4.69, 9.17) is 0 Å². The third-order valence-electron chi connectivity index (χ3n) is 6.93. The van der Waals surface area contributed by atoms with Gasteiger partial charge in [-0.15, -0.1) is 0 Å². The number of amides is 2. The van der Waals surface area contributed by atoms with Crippen LogP contribution in [0, 0.1) is 12.3 Å². The molecule has 2 N–H and O–H groups in total. The third-order valence-corrected chi connectivity index (χ3v) is 6.93. The largest absolute Gasteiger partial charge is 0.469 e. The summed E-state index contributed by atoms with van der Waals surface area (Å²) in [5, 5.41) is 9.85. The van der Waals surface area contributed by atoms with Gasteiger partial charge in [0, 0.05) is 40.8 Å². The lowest BCUT2D eigenvalue weighted by atomic mass is 9.95. The van der Waals surface area contributed by atoms with Gasteiger partial charge in [-0.1, -0.05) is 39.0 Å². The van der Waals surface area contributed by atoms with Crippen molar-refractivity contribution in [2.75, 3.05) is 17.7 Å². The number of benzene rings is 2. The molecule has 0 fully saturated rings. The molecule has 0 aliphatic rings. The molecule has 4 aromatic rings. The Morgan fingerprint density at radius 2 is 1.64 bits per heavy atom. The minimum absolute atomic E-state index is 0.00114. The van der Waals surface area contributed by atoms with Crippen LogP contribution in [-0.4, -0.2) is 39.5 Å². The van der Waals surface area contributed by atoms with Crippen LogP contribution in [0.3, 0.4) is 0 Å². The predicted molar refractivity (Wildman–Crippen MR) is 161 cm³/mol. The van der Waals surface area contributed by atoms with Gasteiger partial charge < -0.3 is 15.4 Å². The summed E-state index contributed by atoms with van der Waals surface area (Å²) in [5.74, 6) is -0.986. The Hall–Kier alpha value is -4.74. The van der Waals surface area contributed by atoms with E-state index in [1.165, 1.54) is 29.8 Å². The highest BCUT2D eigenvalue weighted by Gasteiger charge is 2.34. The highest BCUT2D eigenvalue weighted by Crippen LogP contribution is 2.38. The molecule has 44 heavy (non-hydrogen) atoms. The Bertz CT molecular complexity index is 1710. The van der Waals surface area contributed by atoms with Crippen molar-refractivity contribution >= 4 is 34.8 Å². The maximum atomic E-state index is 14.1. The van der Waals surface area contributed by atoms with Gasteiger partial charge in [-0.3, -0.25) is 14.4 Å².